The molecule has 0 aliphatic heterocycles. The number of aromatic hydroxyl groups is 3. The summed E-state index contributed by atoms with van der Waals surface area (Å²) in [6.45, 7) is 0. The second kappa shape index (κ2) is 3.30. The minimum Gasteiger partial charge on any atom is -0.508 e. The molecule has 1 aliphatic carbocycles. The van der Waals surface area contributed by atoms with Crippen molar-refractivity contribution in [2.75, 3.05) is 0 Å². The highest BCUT2D eigenvalue weighted by Gasteiger charge is 2.49. The number of phenolic OH excluding ortho intramolecular Hbond substituents is 3. The zero-order chi connectivity index (χ0) is 11.9. The third kappa shape index (κ3) is 1.28. The number of hydrogen-bond acceptors (Lipinski definition) is 4. The molecule has 86 valence electrons. The van der Waals surface area contributed by atoms with Crippen LogP contribution in [0.5, 0.6) is 17.2 Å². The highest BCUT2D eigenvalue weighted by Crippen LogP contribution is 2.51. The zero-order valence-corrected chi connectivity index (χ0v) is 8.47. The van der Waals surface area contributed by atoms with Gasteiger partial charge in [0.15, 0.2) is 0 Å². The summed E-state index contributed by atoms with van der Waals surface area (Å²) in [5.41, 5.74) is -1.20. The number of carboxylic acid groups (broad SMARTS) is 1. The quantitative estimate of drug-likeness (QED) is 0.607. The largest absolute Gasteiger partial charge is 0.508 e. The Labute approximate surface area is 91.6 Å². The van der Waals surface area contributed by atoms with Gasteiger partial charge >= 0.3 is 5.97 Å². The molecule has 1 aliphatic rings. The lowest BCUT2D eigenvalue weighted by atomic mass is 9.64. The van der Waals surface area contributed by atoms with Crippen LogP contribution in [0.15, 0.2) is 12.1 Å². The summed E-state index contributed by atoms with van der Waals surface area (Å²) in [5, 5.41) is 37.6. The van der Waals surface area contributed by atoms with E-state index >= 15 is 0 Å². The lowest BCUT2D eigenvalue weighted by Crippen LogP contribution is -2.42. The van der Waals surface area contributed by atoms with Gasteiger partial charge < -0.3 is 20.4 Å². The predicted octanol–water partition coefficient (Wildman–Crippen LogP) is 1.31. The van der Waals surface area contributed by atoms with Gasteiger partial charge in [0.05, 0.1) is 11.0 Å². The number of carboxylic acids is 1. The van der Waals surface area contributed by atoms with Crippen molar-refractivity contribution in [3.8, 4) is 17.2 Å². The van der Waals surface area contributed by atoms with Crippen molar-refractivity contribution in [3.05, 3.63) is 17.7 Å². The second-order valence-electron chi connectivity index (χ2n) is 4.10. The molecule has 2 rings (SSSR count). The van der Waals surface area contributed by atoms with E-state index in [1.54, 1.807) is 0 Å². The number of phenols is 3. The van der Waals surface area contributed by atoms with Crippen molar-refractivity contribution in [1.82, 2.24) is 0 Å². The zero-order valence-electron chi connectivity index (χ0n) is 8.47. The first-order chi connectivity index (χ1) is 7.47. The fourth-order valence-corrected chi connectivity index (χ4v) is 2.19. The molecule has 0 bridgehead atoms. The summed E-state index contributed by atoms with van der Waals surface area (Å²) in [4.78, 5) is 11.2. The number of aliphatic carboxylic acids is 1. The van der Waals surface area contributed by atoms with Gasteiger partial charge in [0.25, 0.3) is 0 Å². The molecule has 0 radical (unpaired) electrons. The van der Waals surface area contributed by atoms with Gasteiger partial charge in [-0.05, 0) is 12.8 Å². The third-order valence-electron chi connectivity index (χ3n) is 3.18. The molecule has 0 saturated heterocycles. The minimum atomic E-state index is -1.21. The Kier molecular flexibility index (Phi) is 2.18. The maximum atomic E-state index is 11.2. The molecule has 16 heavy (non-hydrogen) atoms. The van der Waals surface area contributed by atoms with Crippen molar-refractivity contribution in [2.45, 2.75) is 24.7 Å². The number of hydrogen-bond donors (Lipinski definition) is 4. The Hall–Kier alpha value is -1.91. The van der Waals surface area contributed by atoms with Crippen LogP contribution in [0.1, 0.15) is 24.8 Å². The predicted molar refractivity (Wildman–Crippen MR) is 54.6 cm³/mol. The van der Waals surface area contributed by atoms with Gasteiger partial charge in [0, 0.05) is 12.1 Å². The lowest BCUT2D eigenvalue weighted by molar-refractivity contribution is -0.147. The number of carbonyl (C=O) groups is 1. The minimum absolute atomic E-state index is 0.00375. The van der Waals surface area contributed by atoms with Crippen molar-refractivity contribution >= 4 is 5.97 Å². The fourth-order valence-electron chi connectivity index (χ4n) is 2.19. The molecule has 0 unspecified atom stereocenters. The summed E-state index contributed by atoms with van der Waals surface area (Å²) in [6.07, 6.45) is 1.51. The van der Waals surface area contributed by atoms with E-state index in [9.17, 15) is 20.1 Å². The van der Waals surface area contributed by atoms with E-state index in [0.717, 1.165) is 18.6 Å². The van der Waals surface area contributed by atoms with Crippen LogP contribution in [-0.2, 0) is 10.2 Å². The van der Waals surface area contributed by atoms with E-state index < -0.39 is 11.4 Å². The van der Waals surface area contributed by atoms with Crippen molar-refractivity contribution < 1.29 is 25.2 Å². The van der Waals surface area contributed by atoms with Gasteiger partial charge in [0.1, 0.15) is 17.2 Å². The molecule has 0 heterocycles. The fraction of sp³-hybridized carbons (Fsp3) is 0.364. The molecule has 0 atom stereocenters. The molecule has 1 saturated carbocycles. The average Bonchev–Trinajstić information content (AvgIpc) is 2.06. The van der Waals surface area contributed by atoms with Gasteiger partial charge in [0.2, 0.25) is 0 Å². The maximum Gasteiger partial charge on any atom is 0.314 e. The standard InChI is InChI=1S/C11H12O5/c12-6-4-7(13)9(8(14)5-6)11(10(15)16)2-1-3-11/h4-5,12-14H,1-3H2,(H,15,16). The van der Waals surface area contributed by atoms with Gasteiger partial charge in [-0.25, -0.2) is 0 Å². The molecule has 1 fully saturated rings. The van der Waals surface area contributed by atoms with Crippen LogP contribution in [0.25, 0.3) is 0 Å². The Balaban J connectivity index is 2.59. The normalized spacial score (nSPS) is 17.8. The van der Waals surface area contributed by atoms with E-state index in [-0.39, 0.29) is 22.8 Å². The lowest BCUT2D eigenvalue weighted by Gasteiger charge is -2.38. The average molecular weight is 224 g/mol. The molecule has 1 aromatic carbocycles. The first kappa shape index (κ1) is 10.6. The van der Waals surface area contributed by atoms with Gasteiger partial charge in [-0.2, -0.15) is 0 Å². The first-order valence-corrected chi connectivity index (χ1v) is 4.96. The van der Waals surface area contributed by atoms with Gasteiger partial charge in [-0.3, -0.25) is 4.79 Å². The third-order valence-corrected chi connectivity index (χ3v) is 3.18. The molecule has 1 aromatic rings. The highest BCUT2D eigenvalue weighted by molar-refractivity contribution is 5.85. The number of rotatable bonds is 2. The molecule has 0 spiro atoms. The highest BCUT2D eigenvalue weighted by atomic mass is 16.4. The van der Waals surface area contributed by atoms with Crippen LogP contribution in [-0.4, -0.2) is 26.4 Å². The van der Waals surface area contributed by atoms with Crippen molar-refractivity contribution in [3.63, 3.8) is 0 Å². The van der Waals surface area contributed by atoms with E-state index in [1.165, 1.54) is 0 Å². The SMILES string of the molecule is O=C(O)C1(c2c(O)cc(O)cc2O)CCC1. The van der Waals surface area contributed by atoms with E-state index in [4.69, 9.17) is 5.11 Å². The van der Waals surface area contributed by atoms with Gasteiger partial charge in [-0.1, -0.05) is 6.42 Å². The Morgan fingerprint density at radius 2 is 1.62 bits per heavy atom. The maximum absolute atomic E-state index is 11.2. The molecule has 0 aromatic heterocycles. The topological polar surface area (TPSA) is 98.0 Å². The van der Waals surface area contributed by atoms with Crippen LogP contribution in [0.2, 0.25) is 0 Å². The second-order valence-corrected chi connectivity index (χ2v) is 4.10. The van der Waals surface area contributed by atoms with Crippen LogP contribution < -0.4 is 0 Å². The van der Waals surface area contributed by atoms with Crippen LogP contribution >= 0.6 is 0 Å². The summed E-state index contributed by atoms with van der Waals surface area (Å²) >= 11 is 0. The van der Waals surface area contributed by atoms with Crippen LogP contribution in [0, 0.1) is 0 Å². The summed E-state index contributed by atoms with van der Waals surface area (Å²) in [6, 6.07) is 2.08. The molecule has 4 N–H and O–H groups in total. The molecule has 5 heteroatoms. The number of benzene rings is 1. The summed E-state index contributed by atoms with van der Waals surface area (Å²) in [5.74, 6) is -2.10. The Morgan fingerprint density at radius 1 is 1.12 bits per heavy atom. The van der Waals surface area contributed by atoms with Crippen molar-refractivity contribution in [2.24, 2.45) is 0 Å². The smallest absolute Gasteiger partial charge is 0.314 e. The molecular formula is C11H12O5. The van der Waals surface area contributed by atoms with Crippen molar-refractivity contribution in [1.29, 1.82) is 0 Å². The van der Waals surface area contributed by atoms with Gasteiger partial charge in [-0.15, -0.1) is 0 Å². The molecule has 5 nitrogen and oxygen atoms in total. The van der Waals surface area contributed by atoms with Crippen LogP contribution in [0.3, 0.4) is 0 Å². The summed E-state index contributed by atoms with van der Waals surface area (Å²) in [7, 11) is 0. The van der Waals surface area contributed by atoms with E-state index in [1.807, 2.05) is 0 Å². The summed E-state index contributed by atoms with van der Waals surface area (Å²) < 4.78 is 0. The molecular weight excluding hydrogens is 212 g/mol. The Bertz CT molecular complexity index is 425. The Morgan fingerprint density at radius 3 is 1.94 bits per heavy atom. The van der Waals surface area contributed by atoms with E-state index in [2.05, 4.69) is 0 Å². The van der Waals surface area contributed by atoms with Crippen LogP contribution in [0.4, 0.5) is 0 Å². The first-order valence-electron chi connectivity index (χ1n) is 4.96. The molecule has 0 amide bonds. The monoisotopic (exact) mass is 224 g/mol. The van der Waals surface area contributed by atoms with E-state index in [0.29, 0.717) is 12.8 Å².